The van der Waals surface area contributed by atoms with E-state index in [4.69, 9.17) is 0 Å². The molecule has 0 atom stereocenters. The smallest absolute Gasteiger partial charge is 0.110 e. The summed E-state index contributed by atoms with van der Waals surface area (Å²) in [4.78, 5) is 0. The van der Waals surface area contributed by atoms with Gasteiger partial charge in [0.05, 0.1) is 0 Å². The molecule has 0 aliphatic carbocycles. The predicted molar refractivity (Wildman–Crippen MR) is 44.5 cm³/mol. The molecule has 44 valence electrons. The van der Waals surface area contributed by atoms with E-state index in [9.17, 15) is 0 Å². The number of thiol groups is 2. The van der Waals surface area contributed by atoms with Crippen molar-refractivity contribution in [2.24, 2.45) is 0 Å². The third-order valence-electron chi connectivity index (χ3n) is 0.568. The van der Waals surface area contributed by atoms with Crippen molar-refractivity contribution in [3.63, 3.8) is 0 Å². The Bertz CT molecular complexity index is 48.1. The molecule has 0 heterocycles. The van der Waals surface area contributed by atoms with Crippen molar-refractivity contribution in [3.8, 4) is 0 Å². The minimum absolute atomic E-state index is 0.248. The molecule has 0 unspecified atom stereocenters. The summed E-state index contributed by atoms with van der Waals surface area (Å²) in [5, 5.41) is 0. The quantitative estimate of drug-likeness (QED) is 0.383. The second kappa shape index (κ2) is 3.25. The van der Waals surface area contributed by atoms with Crippen LogP contribution in [-0.4, -0.2) is 2.99 Å². The first-order chi connectivity index (χ1) is 3.06. The Morgan fingerprint density at radius 3 is 2.00 bits per heavy atom. The van der Waals surface area contributed by atoms with Crippen LogP contribution in [0.15, 0.2) is 0 Å². The molecule has 0 nitrogen and oxygen atoms in total. The standard InChI is InChI=1S/C4H9BrS2/c1-2-3-4(5,6)7/h6-7H,2-3H2,1H3. The van der Waals surface area contributed by atoms with Crippen LogP contribution < -0.4 is 0 Å². The summed E-state index contributed by atoms with van der Waals surface area (Å²) in [6.07, 6.45) is 2.09. The topological polar surface area (TPSA) is 0 Å². The first kappa shape index (κ1) is 8.18. The van der Waals surface area contributed by atoms with Crippen LogP contribution in [0.25, 0.3) is 0 Å². The Labute approximate surface area is 64.0 Å². The van der Waals surface area contributed by atoms with Crippen molar-refractivity contribution in [3.05, 3.63) is 0 Å². The third kappa shape index (κ3) is 7.18. The van der Waals surface area contributed by atoms with Gasteiger partial charge in [0.1, 0.15) is 2.99 Å². The van der Waals surface area contributed by atoms with Crippen molar-refractivity contribution in [2.75, 3.05) is 0 Å². The molecule has 0 amide bonds. The first-order valence-electron chi connectivity index (χ1n) is 2.20. The maximum Gasteiger partial charge on any atom is 0.110 e. The second-order valence-corrected chi connectivity index (χ2v) is 5.93. The third-order valence-corrected chi connectivity index (χ3v) is 1.41. The van der Waals surface area contributed by atoms with E-state index in [0.29, 0.717) is 0 Å². The molecule has 7 heavy (non-hydrogen) atoms. The molecule has 0 aromatic rings. The Morgan fingerprint density at radius 1 is 1.57 bits per heavy atom. The van der Waals surface area contributed by atoms with Crippen LogP contribution in [0.2, 0.25) is 0 Å². The molecule has 0 fully saturated rings. The first-order valence-corrected chi connectivity index (χ1v) is 3.88. The van der Waals surface area contributed by atoms with Gasteiger partial charge in [-0.05, 0) is 6.42 Å². The number of hydrogen-bond donors (Lipinski definition) is 2. The zero-order valence-corrected chi connectivity index (χ0v) is 7.56. The summed E-state index contributed by atoms with van der Waals surface area (Å²) in [6.45, 7) is 2.10. The average Bonchev–Trinajstić information content (AvgIpc) is 1.30. The number of alkyl halides is 1. The number of hydrogen-bond acceptors (Lipinski definition) is 2. The molecule has 0 radical (unpaired) electrons. The van der Waals surface area contributed by atoms with Crippen LogP contribution >= 0.6 is 41.2 Å². The maximum absolute atomic E-state index is 4.12. The van der Waals surface area contributed by atoms with Crippen LogP contribution in [-0.2, 0) is 0 Å². The molecule has 0 saturated heterocycles. The van der Waals surface area contributed by atoms with Gasteiger partial charge in [-0.25, -0.2) is 0 Å². The van der Waals surface area contributed by atoms with E-state index in [1.165, 1.54) is 0 Å². The van der Waals surface area contributed by atoms with Gasteiger partial charge in [0.2, 0.25) is 0 Å². The van der Waals surface area contributed by atoms with Crippen molar-refractivity contribution < 1.29 is 0 Å². The largest absolute Gasteiger partial charge is 0.151 e. The lowest BCUT2D eigenvalue weighted by atomic mass is 10.4. The van der Waals surface area contributed by atoms with Crippen LogP contribution in [0.3, 0.4) is 0 Å². The van der Waals surface area contributed by atoms with Gasteiger partial charge in [-0.2, -0.15) is 25.3 Å². The van der Waals surface area contributed by atoms with Gasteiger partial charge in [-0.3, -0.25) is 0 Å². The van der Waals surface area contributed by atoms with E-state index in [1.54, 1.807) is 0 Å². The maximum atomic E-state index is 4.12. The number of halogens is 1. The molecular formula is C4H9BrS2. The van der Waals surface area contributed by atoms with Crippen LogP contribution in [0.5, 0.6) is 0 Å². The van der Waals surface area contributed by atoms with Crippen molar-refractivity contribution in [1.29, 1.82) is 0 Å². The molecule has 0 aliphatic heterocycles. The molecule has 0 N–H and O–H groups in total. The summed E-state index contributed by atoms with van der Waals surface area (Å²) in [7, 11) is 0. The highest BCUT2D eigenvalue weighted by Gasteiger charge is 2.11. The SMILES string of the molecule is CCCC(S)(S)Br. The fraction of sp³-hybridized carbons (Fsp3) is 1.00. The highest BCUT2D eigenvalue weighted by atomic mass is 79.9. The van der Waals surface area contributed by atoms with Gasteiger partial charge in [-0.1, -0.05) is 29.3 Å². The molecule has 0 spiro atoms. The van der Waals surface area contributed by atoms with Gasteiger partial charge in [-0.15, -0.1) is 0 Å². The van der Waals surface area contributed by atoms with Crippen molar-refractivity contribution >= 4 is 41.2 Å². The minimum atomic E-state index is -0.248. The summed E-state index contributed by atoms with van der Waals surface area (Å²) in [5.74, 6) is 0. The molecule has 0 bridgehead atoms. The molecule has 0 rings (SSSR count). The van der Waals surface area contributed by atoms with Gasteiger partial charge in [0.15, 0.2) is 0 Å². The zero-order chi connectivity index (χ0) is 5.91. The van der Waals surface area contributed by atoms with Crippen molar-refractivity contribution in [1.82, 2.24) is 0 Å². The van der Waals surface area contributed by atoms with Crippen molar-refractivity contribution in [2.45, 2.75) is 22.8 Å². The van der Waals surface area contributed by atoms with Crippen LogP contribution in [0.4, 0.5) is 0 Å². The molecule has 0 saturated carbocycles. The normalized spacial score (nSPS) is 12.0. The lowest BCUT2D eigenvalue weighted by molar-refractivity contribution is 0.856. The summed E-state index contributed by atoms with van der Waals surface area (Å²) in [5.41, 5.74) is 0. The van der Waals surface area contributed by atoms with E-state index in [2.05, 4.69) is 48.1 Å². The predicted octanol–water partition coefficient (Wildman–Crippen LogP) is 2.69. The fourth-order valence-corrected chi connectivity index (χ4v) is 1.16. The molecule has 3 heteroatoms. The molecular weight excluding hydrogens is 192 g/mol. The summed E-state index contributed by atoms with van der Waals surface area (Å²) < 4.78 is -0.248. The Morgan fingerprint density at radius 2 is 2.00 bits per heavy atom. The number of rotatable bonds is 2. The Balaban J connectivity index is 3.15. The van der Waals surface area contributed by atoms with Gasteiger partial charge in [0, 0.05) is 0 Å². The lowest BCUT2D eigenvalue weighted by Crippen LogP contribution is -1.98. The average molecular weight is 201 g/mol. The van der Waals surface area contributed by atoms with Crippen LogP contribution in [0.1, 0.15) is 19.8 Å². The Kier molecular flexibility index (Phi) is 3.80. The molecule has 0 aromatic heterocycles. The molecule has 0 aliphatic rings. The monoisotopic (exact) mass is 200 g/mol. The van der Waals surface area contributed by atoms with E-state index in [1.807, 2.05) is 0 Å². The second-order valence-electron chi connectivity index (χ2n) is 1.47. The van der Waals surface area contributed by atoms with E-state index < -0.39 is 0 Å². The van der Waals surface area contributed by atoms with E-state index in [-0.39, 0.29) is 2.99 Å². The van der Waals surface area contributed by atoms with Gasteiger partial charge >= 0.3 is 0 Å². The van der Waals surface area contributed by atoms with Crippen LogP contribution in [0, 0.1) is 0 Å². The highest BCUT2D eigenvalue weighted by Crippen LogP contribution is 2.31. The summed E-state index contributed by atoms with van der Waals surface area (Å²) >= 11 is 11.5. The fourth-order valence-electron chi connectivity index (χ4n) is 0.318. The van der Waals surface area contributed by atoms with Gasteiger partial charge in [0.25, 0.3) is 0 Å². The Hall–Kier alpha value is 1.18. The van der Waals surface area contributed by atoms with Gasteiger partial charge < -0.3 is 0 Å². The minimum Gasteiger partial charge on any atom is -0.151 e. The zero-order valence-electron chi connectivity index (χ0n) is 4.19. The summed E-state index contributed by atoms with van der Waals surface area (Å²) in [6, 6.07) is 0. The molecule has 0 aromatic carbocycles. The van der Waals surface area contributed by atoms with E-state index in [0.717, 1.165) is 12.8 Å². The lowest BCUT2D eigenvalue weighted by Gasteiger charge is -2.10. The van der Waals surface area contributed by atoms with E-state index >= 15 is 0 Å². The highest BCUT2D eigenvalue weighted by molar-refractivity contribution is 9.13.